The lowest BCUT2D eigenvalue weighted by atomic mass is 9.99. The number of aromatic nitrogens is 2. The summed E-state index contributed by atoms with van der Waals surface area (Å²) >= 11 is 5.97. The second-order valence-corrected chi connectivity index (χ2v) is 4.49. The molecule has 0 bridgehead atoms. The lowest BCUT2D eigenvalue weighted by Crippen LogP contribution is -2.10. The molecule has 1 aromatic carbocycles. The van der Waals surface area contributed by atoms with Gasteiger partial charge in [0.05, 0.1) is 25.4 Å². The van der Waals surface area contributed by atoms with Crippen molar-refractivity contribution in [1.29, 1.82) is 0 Å². The van der Waals surface area contributed by atoms with Crippen molar-refractivity contribution in [3.05, 3.63) is 58.9 Å². The summed E-state index contributed by atoms with van der Waals surface area (Å²) in [5.41, 5.74) is 4.92. The fourth-order valence-corrected chi connectivity index (χ4v) is 2.24. The molecular formula is C15H15ClN2O2. The van der Waals surface area contributed by atoms with E-state index in [-0.39, 0.29) is 12.4 Å². The van der Waals surface area contributed by atoms with Crippen molar-refractivity contribution < 1.29 is 9.53 Å². The second-order valence-electron chi connectivity index (χ2n) is 4.27. The molecule has 0 saturated carbocycles. The van der Waals surface area contributed by atoms with Crippen LogP contribution in [0.25, 0.3) is 5.57 Å². The van der Waals surface area contributed by atoms with Crippen LogP contribution in [0.15, 0.2) is 42.1 Å². The van der Waals surface area contributed by atoms with E-state index in [9.17, 15) is 4.79 Å². The Hall–Kier alpha value is -2.07. The normalized spacial score (nSPS) is 11.4. The highest BCUT2D eigenvalue weighted by Gasteiger charge is 2.17. The molecule has 0 fully saturated rings. The highest BCUT2D eigenvalue weighted by molar-refractivity contribution is 6.29. The second kappa shape index (κ2) is 6.39. The number of nitrogens with zero attached hydrogens (tertiary/aromatic N) is 2. The number of rotatable bonds is 4. The van der Waals surface area contributed by atoms with Crippen molar-refractivity contribution in [2.75, 3.05) is 7.11 Å². The van der Waals surface area contributed by atoms with Crippen LogP contribution in [-0.4, -0.2) is 22.9 Å². The van der Waals surface area contributed by atoms with E-state index in [0.29, 0.717) is 0 Å². The van der Waals surface area contributed by atoms with Gasteiger partial charge in [-0.2, -0.15) is 5.10 Å². The quantitative estimate of drug-likeness (QED) is 0.813. The molecule has 2 rings (SSSR count). The van der Waals surface area contributed by atoms with Gasteiger partial charge in [-0.1, -0.05) is 41.9 Å². The third-order valence-corrected chi connectivity index (χ3v) is 3.30. The Balaban J connectivity index is 2.44. The molecule has 0 aliphatic rings. The van der Waals surface area contributed by atoms with Gasteiger partial charge in [0, 0.05) is 23.7 Å². The molecule has 5 heteroatoms. The molecule has 4 nitrogen and oxygen atoms in total. The van der Waals surface area contributed by atoms with Crippen LogP contribution in [0.2, 0.25) is 0 Å². The van der Waals surface area contributed by atoms with Crippen LogP contribution in [0.1, 0.15) is 16.8 Å². The summed E-state index contributed by atoms with van der Waals surface area (Å²) in [6.45, 7) is 0. The van der Waals surface area contributed by atoms with E-state index in [1.54, 1.807) is 17.9 Å². The Bertz CT molecular complexity index is 633. The maximum absolute atomic E-state index is 11.5. The molecule has 0 saturated heterocycles. The van der Waals surface area contributed by atoms with E-state index in [1.807, 2.05) is 30.3 Å². The third kappa shape index (κ3) is 2.91. The molecule has 0 spiro atoms. The Labute approximate surface area is 122 Å². The first-order chi connectivity index (χ1) is 9.67. The van der Waals surface area contributed by atoms with E-state index in [4.69, 9.17) is 16.3 Å². The SMILES string of the molecule is COC(=O)Cc1c(C(=CCl)c2ccccc2)cnn1C. The molecular weight excluding hydrogens is 276 g/mol. The molecule has 0 aliphatic carbocycles. The summed E-state index contributed by atoms with van der Waals surface area (Å²) in [5, 5.41) is 4.21. The van der Waals surface area contributed by atoms with Crippen molar-refractivity contribution >= 4 is 23.1 Å². The van der Waals surface area contributed by atoms with Gasteiger partial charge in [-0.3, -0.25) is 9.48 Å². The van der Waals surface area contributed by atoms with Gasteiger partial charge in [0.25, 0.3) is 0 Å². The van der Waals surface area contributed by atoms with Crippen molar-refractivity contribution in [2.45, 2.75) is 6.42 Å². The van der Waals surface area contributed by atoms with Crippen molar-refractivity contribution in [3.63, 3.8) is 0 Å². The van der Waals surface area contributed by atoms with Gasteiger partial charge in [0.2, 0.25) is 0 Å². The zero-order valence-corrected chi connectivity index (χ0v) is 12.1. The van der Waals surface area contributed by atoms with Crippen LogP contribution < -0.4 is 0 Å². The molecule has 0 atom stereocenters. The molecule has 1 aromatic heterocycles. The van der Waals surface area contributed by atoms with Crippen molar-refractivity contribution in [1.82, 2.24) is 9.78 Å². The zero-order chi connectivity index (χ0) is 14.5. The summed E-state index contributed by atoms with van der Waals surface area (Å²) in [4.78, 5) is 11.5. The van der Waals surface area contributed by atoms with Gasteiger partial charge in [0.1, 0.15) is 0 Å². The number of esters is 1. The maximum atomic E-state index is 11.5. The average molecular weight is 291 g/mol. The number of hydrogen-bond donors (Lipinski definition) is 0. The van der Waals surface area contributed by atoms with Gasteiger partial charge in [0.15, 0.2) is 0 Å². The van der Waals surface area contributed by atoms with E-state index in [2.05, 4.69) is 5.10 Å². The Kier molecular flexibility index (Phi) is 4.58. The summed E-state index contributed by atoms with van der Waals surface area (Å²) in [5.74, 6) is -0.308. The minimum atomic E-state index is -0.308. The number of carbonyl (C=O) groups is 1. The number of carbonyl (C=O) groups excluding carboxylic acids is 1. The largest absolute Gasteiger partial charge is 0.469 e. The smallest absolute Gasteiger partial charge is 0.311 e. The molecule has 0 aliphatic heterocycles. The summed E-state index contributed by atoms with van der Waals surface area (Å²) in [6, 6.07) is 9.73. The minimum absolute atomic E-state index is 0.156. The molecule has 2 aromatic rings. The van der Waals surface area contributed by atoms with Gasteiger partial charge < -0.3 is 4.74 Å². The highest BCUT2D eigenvalue weighted by Crippen LogP contribution is 2.27. The lowest BCUT2D eigenvalue weighted by molar-refractivity contribution is -0.139. The first kappa shape index (κ1) is 14.3. The van der Waals surface area contributed by atoms with Gasteiger partial charge >= 0.3 is 5.97 Å². The van der Waals surface area contributed by atoms with Crippen LogP contribution >= 0.6 is 11.6 Å². The standard InChI is InChI=1S/C15H15ClN2O2/c1-18-14(8-15(19)20-2)13(10-17-18)12(9-16)11-6-4-3-5-7-11/h3-7,9-10H,8H2,1-2H3. The first-order valence-electron chi connectivity index (χ1n) is 6.11. The summed E-state index contributed by atoms with van der Waals surface area (Å²) in [6.07, 6.45) is 1.86. The average Bonchev–Trinajstić information content (AvgIpc) is 2.83. The van der Waals surface area contributed by atoms with Crippen LogP contribution in [0.3, 0.4) is 0 Å². The van der Waals surface area contributed by atoms with E-state index < -0.39 is 0 Å². The van der Waals surface area contributed by atoms with Gasteiger partial charge in [-0.25, -0.2) is 0 Å². The Morgan fingerprint density at radius 3 is 2.70 bits per heavy atom. The van der Waals surface area contributed by atoms with E-state index in [1.165, 1.54) is 12.6 Å². The minimum Gasteiger partial charge on any atom is -0.469 e. The molecule has 0 N–H and O–H groups in total. The summed E-state index contributed by atoms with van der Waals surface area (Å²) < 4.78 is 6.38. The number of methoxy groups -OCH3 is 1. The number of hydrogen-bond acceptors (Lipinski definition) is 3. The van der Waals surface area contributed by atoms with Crippen molar-refractivity contribution in [2.24, 2.45) is 7.05 Å². The van der Waals surface area contributed by atoms with E-state index >= 15 is 0 Å². The van der Waals surface area contributed by atoms with Crippen LogP contribution in [0.4, 0.5) is 0 Å². The zero-order valence-electron chi connectivity index (χ0n) is 11.3. The maximum Gasteiger partial charge on any atom is 0.311 e. The van der Waals surface area contributed by atoms with Gasteiger partial charge in [-0.15, -0.1) is 0 Å². The fourth-order valence-electron chi connectivity index (χ4n) is 2.00. The van der Waals surface area contributed by atoms with Crippen LogP contribution in [0.5, 0.6) is 0 Å². The molecule has 0 radical (unpaired) electrons. The molecule has 20 heavy (non-hydrogen) atoms. The van der Waals surface area contributed by atoms with Crippen molar-refractivity contribution in [3.8, 4) is 0 Å². The third-order valence-electron chi connectivity index (χ3n) is 3.09. The number of aryl methyl sites for hydroxylation is 1. The molecule has 0 amide bonds. The van der Waals surface area contributed by atoms with Crippen LogP contribution in [-0.2, 0) is 23.0 Å². The number of halogens is 1. The number of benzene rings is 1. The fraction of sp³-hybridized carbons (Fsp3) is 0.200. The molecule has 1 heterocycles. The van der Waals surface area contributed by atoms with E-state index in [0.717, 1.165) is 22.4 Å². The van der Waals surface area contributed by atoms with Gasteiger partial charge in [-0.05, 0) is 5.56 Å². The topological polar surface area (TPSA) is 44.1 Å². The highest BCUT2D eigenvalue weighted by atomic mass is 35.5. The predicted molar refractivity (Wildman–Crippen MR) is 78.3 cm³/mol. The Morgan fingerprint density at radius 2 is 2.10 bits per heavy atom. The Morgan fingerprint density at radius 1 is 1.40 bits per heavy atom. The van der Waals surface area contributed by atoms with Crippen LogP contribution in [0, 0.1) is 0 Å². The molecule has 104 valence electrons. The molecule has 0 unspecified atom stereocenters. The first-order valence-corrected chi connectivity index (χ1v) is 6.55. The number of ether oxygens (including phenoxy) is 1. The summed E-state index contributed by atoms with van der Waals surface area (Å²) in [7, 11) is 3.16. The lowest BCUT2D eigenvalue weighted by Gasteiger charge is -2.08. The predicted octanol–water partition coefficient (Wildman–Crippen LogP) is 2.76. The monoisotopic (exact) mass is 290 g/mol.